The molecular formula is C17H17ClFN2+. The lowest BCUT2D eigenvalue weighted by Crippen LogP contribution is -2.83. The van der Waals surface area contributed by atoms with Gasteiger partial charge in [-0.05, 0) is 23.8 Å². The minimum Gasteiger partial charge on any atom is -0.361 e. The highest BCUT2D eigenvalue weighted by molar-refractivity contribution is 6.31. The number of hydrogen-bond acceptors (Lipinski definition) is 0. The van der Waals surface area contributed by atoms with E-state index in [1.807, 2.05) is 12.1 Å². The molecule has 0 amide bonds. The molecule has 0 saturated heterocycles. The Morgan fingerprint density at radius 2 is 1.95 bits per heavy atom. The van der Waals surface area contributed by atoms with Gasteiger partial charge in [-0.25, -0.2) is 4.39 Å². The van der Waals surface area contributed by atoms with E-state index >= 15 is 0 Å². The third-order valence-corrected chi connectivity index (χ3v) is 4.06. The molecule has 4 heteroatoms. The maximum atomic E-state index is 13.6. The summed E-state index contributed by atoms with van der Waals surface area (Å²) in [5.41, 5.74) is 3.03. The van der Waals surface area contributed by atoms with Crippen molar-refractivity contribution in [1.29, 1.82) is 0 Å². The van der Waals surface area contributed by atoms with Gasteiger partial charge in [-0.15, -0.1) is 0 Å². The van der Waals surface area contributed by atoms with Crippen molar-refractivity contribution in [2.24, 2.45) is 0 Å². The first-order valence-electron chi connectivity index (χ1n) is 7.05. The predicted octanol–water partition coefficient (Wildman–Crippen LogP) is 3.27. The summed E-state index contributed by atoms with van der Waals surface area (Å²) < 4.78 is 13.6. The number of nitrogens with two attached hydrogens (primary N) is 1. The zero-order chi connectivity index (χ0) is 14.7. The first-order valence-corrected chi connectivity index (χ1v) is 7.43. The molecule has 3 aromatic rings. The van der Waals surface area contributed by atoms with Crippen molar-refractivity contribution in [3.8, 4) is 0 Å². The fourth-order valence-electron chi connectivity index (χ4n) is 2.57. The molecule has 0 atom stereocenters. The number of quaternary nitrogens is 1. The number of benzene rings is 2. The monoisotopic (exact) mass is 303 g/mol. The normalized spacial score (nSPS) is 11.1. The number of aromatic nitrogens is 1. The molecule has 0 radical (unpaired) electrons. The summed E-state index contributed by atoms with van der Waals surface area (Å²) in [5.74, 6) is -0.231. The van der Waals surface area contributed by atoms with E-state index in [0.29, 0.717) is 17.1 Å². The van der Waals surface area contributed by atoms with Gasteiger partial charge in [-0.3, -0.25) is 0 Å². The SMILES string of the molecule is Fc1cccc(Cl)c1C[NH2+]CCc1c[nH]c2ccccc12. The number of halogens is 2. The van der Waals surface area contributed by atoms with Crippen LogP contribution >= 0.6 is 11.6 Å². The first-order chi connectivity index (χ1) is 10.3. The molecule has 0 aliphatic rings. The van der Waals surface area contributed by atoms with Gasteiger partial charge < -0.3 is 10.3 Å². The predicted molar refractivity (Wildman–Crippen MR) is 83.9 cm³/mol. The van der Waals surface area contributed by atoms with Crippen LogP contribution in [0.3, 0.4) is 0 Å². The highest BCUT2D eigenvalue weighted by atomic mass is 35.5. The quantitative estimate of drug-likeness (QED) is 0.678. The largest absolute Gasteiger partial charge is 0.361 e. The van der Waals surface area contributed by atoms with Gasteiger partial charge in [0.1, 0.15) is 12.4 Å². The molecule has 0 spiro atoms. The number of H-pyrrole nitrogens is 1. The number of aromatic amines is 1. The molecule has 2 aromatic carbocycles. The second kappa shape index (κ2) is 6.29. The van der Waals surface area contributed by atoms with Crippen LogP contribution in [0.5, 0.6) is 0 Å². The third-order valence-electron chi connectivity index (χ3n) is 3.70. The van der Waals surface area contributed by atoms with Crippen molar-refractivity contribution in [3.63, 3.8) is 0 Å². The van der Waals surface area contributed by atoms with Crippen LogP contribution < -0.4 is 5.32 Å². The summed E-state index contributed by atoms with van der Waals surface area (Å²) in [6, 6.07) is 13.1. The molecule has 3 rings (SSSR count). The molecule has 3 N–H and O–H groups in total. The molecule has 0 aliphatic carbocycles. The maximum Gasteiger partial charge on any atom is 0.133 e. The highest BCUT2D eigenvalue weighted by Gasteiger charge is 2.09. The molecule has 0 saturated carbocycles. The second-order valence-electron chi connectivity index (χ2n) is 5.09. The van der Waals surface area contributed by atoms with Crippen LogP contribution in [0.15, 0.2) is 48.7 Å². The van der Waals surface area contributed by atoms with Crippen LogP contribution in [0.4, 0.5) is 4.39 Å². The van der Waals surface area contributed by atoms with Gasteiger partial charge >= 0.3 is 0 Å². The van der Waals surface area contributed by atoms with Crippen LogP contribution in [0.1, 0.15) is 11.1 Å². The fourth-order valence-corrected chi connectivity index (χ4v) is 2.81. The number of fused-ring (bicyclic) bond motifs is 1. The van der Waals surface area contributed by atoms with E-state index in [0.717, 1.165) is 18.5 Å². The minimum atomic E-state index is -0.231. The van der Waals surface area contributed by atoms with Gasteiger partial charge in [0.05, 0.1) is 17.1 Å². The van der Waals surface area contributed by atoms with Gasteiger partial charge in [-0.1, -0.05) is 35.9 Å². The van der Waals surface area contributed by atoms with E-state index in [9.17, 15) is 4.39 Å². The molecular weight excluding hydrogens is 287 g/mol. The Kier molecular flexibility index (Phi) is 4.23. The third kappa shape index (κ3) is 3.09. The van der Waals surface area contributed by atoms with Crippen LogP contribution in [0.2, 0.25) is 5.02 Å². The number of hydrogen-bond donors (Lipinski definition) is 2. The van der Waals surface area contributed by atoms with Gasteiger partial charge in [0.25, 0.3) is 0 Å². The van der Waals surface area contributed by atoms with Crippen LogP contribution in [-0.4, -0.2) is 11.5 Å². The minimum absolute atomic E-state index is 0.231. The van der Waals surface area contributed by atoms with Crippen molar-refractivity contribution >= 4 is 22.5 Å². The van der Waals surface area contributed by atoms with Crippen molar-refractivity contribution in [3.05, 3.63) is 70.6 Å². The molecule has 0 unspecified atom stereocenters. The number of rotatable bonds is 5. The van der Waals surface area contributed by atoms with E-state index < -0.39 is 0 Å². The lowest BCUT2D eigenvalue weighted by Gasteiger charge is -2.05. The van der Waals surface area contributed by atoms with Crippen molar-refractivity contribution in [2.75, 3.05) is 6.54 Å². The van der Waals surface area contributed by atoms with Crippen molar-refractivity contribution < 1.29 is 9.71 Å². The Hall–Kier alpha value is -1.84. The lowest BCUT2D eigenvalue weighted by atomic mass is 10.1. The Morgan fingerprint density at radius 1 is 1.10 bits per heavy atom. The smallest absolute Gasteiger partial charge is 0.133 e. The Bertz CT molecular complexity index is 731. The molecule has 21 heavy (non-hydrogen) atoms. The van der Waals surface area contributed by atoms with Crippen molar-refractivity contribution in [1.82, 2.24) is 4.98 Å². The van der Waals surface area contributed by atoms with E-state index in [1.54, 1.807) is 12.1 Å². The van der Waals surface area contributed by atoms with Gasteiger partial charge in [0.15, 0.2) is 0 Å². The van der Waals surface area contributed by atoms with E-state index in [1.165, 1.54) is 17.0 Å². The highest BCUT2D eigenvalue weighted by Crippen LogP contribution is 2.18. The van der Waals surface area contributed by atoms with Crippen LogP contribution in [-0.2, 0) is 13.0 Å². The van der Waals surface area contributed by atoms with Gasteiger partial charge in [0, 0.05) is 23.5 Å². The molecule has 0 bridgehead atoms. The average molecular weight is 304 g/mol. The zero-order valence-corrected chi connectivity index (χ0v) is 12.3. The molecule has 1 aromatic heterocycles. The topological polar surface area (TPSA) is 32.4 Å². The Balaban J connectivity index is 1.59. The fraction of sp³-hybridized carbons (Fsp3) is 0.176. The standard InChI is InChI=1S/C17H16ClFN2/c18-15-5-3-6-16(19)14(15)11-20-9-8-12-10-21-17-7-2-1-4-13(12)17/h1-7,10,20-21H,8-9,11H2/p+1. The number of nitrogens with one attached hydrogen (secondary N) is 1. The molecule has 2 nitrogen and oxygen atoms in total. The summed E-state index contributed by atoms with van der Waals surface area (Å²) in [4.78, 5) is 3.27. The Labute approximate surface area is 127 Å². The van der Waals surface area contributed by atoms with Crippen LogP contribution in [0.25, 0.3) is 10.9 Å². The summed E-state index contributed by atoms with van der Waals surface area (Å²) in [6.07, 6.45) is 2.99. The summed E-state index contributed by atoms with van der Waals surface area (Å²) in [6.45, 7) is 1.46. The molecule has 108 valence electrons. The summed E-state index contributed by atoms with van der Waals surface area (Å²) in [7, 11) is 0. The lowest BCUT2D eigenvalue weighted by molar-refractivity contribution is -0.670. The molecule has 0 aliphatic heterocycles. The van der Waals surface area contributed by atoms with Gasteiger partial charge in [0.2, 0.25) is 0 Å². The van der Waals surface area contributed by atoms with E-state index in [2.05, 4.69) is 28.6 Å². The summed E-state index contributed by atoms with van der Waals surface area (Å²) in [5, 5.41) is 3.85. The van der Waals surface area contributed by atoms with Gasteiger partial charge in [-0.2, -0.15) is 0 Å². The maximum absolute atomic E-state index is 13.6. The van der Waals surface area contributed by atoms with Crippen LogP contribution in [0, 0.1) is 5.82 Å². The first kappa shape index (κ1) is 14.1. The molecule has 1 heterocycles. The number of para-hydroxylation sites is 1. The average Bonchev–Trinajstić information content (AvgIpc) is 2.89. The second-order valence-corrected chi connectivity index (χ2v) is 5.50. The van der Waals surface area contributed by atoms with Crippen molar-refractivity contribution in [2.45, 2.75) is 13.0 Å². The van der Waals surface area contributed by atoms with E-state index in [-0.39, 0.29) is 5.82 Å². The van der Waals surface area contributed by atoms with E-state index in [4.69, 9.17) is 11.6 Å². The summed E-state index contributed by atoms with van der Waals surface area (Å²) >= 11 is 6.02. The molecule has 0 fully saturated rings. The zero-order valence-electron chi connectivity index (χ0n) is 11.6. The Morgan fingerprint density at radius 3 is 2.81 bits per heavy atom.